The van der Waals surface area contributed by atoms with E-state index in [0.717, 1.165) is 12.1 Å². The van der Waals surface area contributed by atoms with Crippen LogP contribution in [0.15, 0.2) is 35.4 Å². The number of benzene rings is 1. The standard InChI is InChI=1S/C15H14FNO4S/c1-17-14(21)10(7-11(18)19)12(15(17)22-2)13(20)8-3-5-9(16)6-4-8/h3-6,15H,7H2,1-2H3,(H,18,19)/t15-/m0/s1. The molecule has 0 radical (unpaired) electrons. The molecule has 0 unspecified atom stereocenters. The predicted octanol–water partition coefficient (Wildman–Crippen LogP) is 1.94. The maximum Gasteiger partial charge on any atom is 0.308 e. The van der Waals surface area contributed by atoms with Crippen molar-refractivity contribution in [1.82, 2.24) is 4.90 Å². The van der Waals surface area contributed by atoms with Gasteiger partial charge in [-0.25, -0.2) is 4.39 Å². The molecule has 0 bridgehead atoms. The fourth-order valence-electron chi connectivity index (χ4n) is 2.38. The van der Waals surface area contributed by atoms with Gasteiger partial charge in [0.1, 0.15) is 11.2 Å². The van der Waals surface area contributed by atoms with E-state index >= 15 is 0 Å². The van der Waals surface area contributed by atoms with E-state index in [9.17, 15) is 18.8 Å². The summed E-state index contributed by atoms with van der Waals surface area (Å²) in [5.74, 6) is -2.57. The van der Waals surface area contributed by atoms with Gasteiger partial charge in [0.2, 0.25) is 0 Å². The third-order valence-corrected chi connectivity index (χ3v) is 4.40. The Morgan fingerprint density at radius 3 is 2.41 bits per heavy atom. The number of carbonyl (C=O) groups is 3. The summed E-state index contributed by atoms with van der Waals surface area (Å²) < 4.78 is 13.0. The van der Waals surface area contributed by atoms with Gasteiger partial charge in [-0.3, -0.25) is 14.4 Å². The molecule has 7 heteroatoms. The van der Waals surface area contributed by atoms with Crippen molar-refractivity contribution in [2.75, 3.05) is 13.3 Å². The number of carboxylic acids is 1. The van der Waals surface area contributed by atoms with Crippen LogP contribution in [0.5, 0.6) is 0 Å². The van der Waals surface area contributed by atoms with Gasteiger partial charge in [-0.15, -0.1) is 11.8 Å². The van der Waals surface area contributed by atoms with Crippen molar-refractivity contribution in [3.05, 3.63) is 46.8 Å². The minimum atomic E-state index is -1.18. The SMILES string of the molecule is CS[C@H]1C(C(=O)c2ccc(F)cc2)=C(CC(=O)O)C(=O)N1C. The highest BCUT2D eigenvalue weighted by molar-refractivity contribution is 7.99. The number of hydrogen-bond donors (Lipinski definition) is 1. The van der Waals surface area contributed by atoms with Crippen LogP contribution < -0.4 is 0 Å². The molecule has 1 aliphatic rings. The zero-order valence-electron chi connectivity index (χ0n) is 12.0. The Morgan fingerprint density at radius 1 is 1.32 bits per heavy atom. The highest BCUT2D eigenvalue weighted by atomic mass is 32.2. The van der Waals surface area contributed by atoms with E-state index in [1.807, 2.05) is 0 Å². The second kappa shape index (κ2) is 6.31. The summed E-state index contributed by atoms with van der Waals surface area (Å²) in [6.45, 7) is 0. The first kappa shape index (κ1) is 16.2. The maximum absolute atomic E-state index is 13.0. The number of likely N-dealkylation sites (N-methyl/N-ethyl adjacent to an activating group) is 1. The molecule has 0 aliphatic carbocycles. The summed E-state index contributed by atoms with van der Waals surface area (Å²) in [6.07, 6.45) is 1.22. The van der Waals surface area contributed by atoms with Gasteiger partial charge in [0.05, 0.1) is 6.42 Å². The van der Waals surface area contributed by atoms with Gasteiger partial charge >= 0.3 is 5.97 Å². The molecule has 5 nitrogen and oxygen atoms in total. The third kappa shape index (κ3) is 2.89. The minimum Gasteiger partial charge on any atom is -0.481 e. The molecule has 1 N–H and O–H groups in total. The molecule has 1 aromatic rings. The Labute approximate surface area is 130 Å². The molecule has 0 spiro atoms. The van der Waals surface area contributed by atoms with Crippen LogP contribution in [0.1, 0.15) is 16.8 Å². The number of amides is 1. The van der Waals surface area contributed by atoms with E-state index in [1.54, 1.807) is 6.26 Å². The van der Waals surface area contributed by atoms with Crippen molar-refractivity contribution in [3.8, 4) is 0 Å². The summed E-state index contributed by atoms with van der Waals surface area (Å²) in [4.78, 5) is 37.2. The molecule has 1 heterocycles. The van der Waals surface area contributed by atoms with E-state index in [1.165, 1.54) is 35.8 Å². The van der Waals surface area contributed by atoms with Crippen molar-refractivity contribution in [1.29, 1.82) is 0 Å². The highest BCUT2D eigenvalue weighted by Gasteiger charge is 2.40. The summed E-state index contributed by atoms with van der Waals surface area (Å²) in [5.41, 5.74) is 0.374. The van der Waals surface area contributed by atoms with E-state index in [4.69, 9.17) is 5.11 Å². The van der Waals surface area contributed by atoms with Crippen LogP contribution >= 0.6 is 11.8 Å². The molecule has 2 rings (SSSR count). The van der Waals surface area contributed by atoms with Crippen LogP contribution in [0.3, 0.4) is 0 Å². The lowest BCUT2D eigenvalue weighted by Gasteiger charge is -2.20. The largest absolute Gasteiger partial charge is 0.481 e. The van der Waals surface area contributed by atoms with Crippen LogP contribution in [-0.2, 0) is 9.59 Å². The van der Waals surface area contributed by atoms with Crippen LogP contribution in [0.2, 0.25) is 0 Å². The first-order chi connectivity index (χ1) is 10.4. The number of nitrogens with zero attached hydrogens (tertiary/aromatic N) is 1. The normalized spacial score (nSPS) is 18.0. The number of halogens is 1. The maximum atomic E-state index is 13.0. The number of carboxylic acid groups (broad SMARTS) is 1. The Kier molecular flexibility index (Phi) is 4.65. The van der Waals surface area contributed by atoms with Crippen molar-refractivity contribution in [2.45, 2.75) is 11.8 Å². The van der Waals surface area contributed by atoms with Gasteiger partial charge in [0, 0.05) is 23.8 Å². The van der Waals surface area contributed by atoms with E-state index < -0.39 is 35.3 Å². The number of rotatable bonds is 5. The second-order valence-electron chi connectivity index (χ2n) is 4.80. The second-order valence-corrected chi connectivity index (χ2v) is 5.72. The van der Waals surface area contributed by atoms with Gasteiger partial charge in [0.15, 0.2) is 5.78 Å². The molecule has 0 fully saturated rings. The van der Waals surface area contributed by atoms with Crippen LogP contribution in [0, 0.1) is 5.82 Å². The molecule has 1 aliphatic heterocycles. The fraction of sp³-hybridized carbons (Fsp3) is 0.267. The average Bonchev–Trinajstić information content (AvgIpc) is 2.71. The van der Waals surface area contributed by atoms with Gasteiger partial charge < -0.3 is 10.0 Å². The molecule has 22 heavy (non-hydrogen) atoms. The first-order valence-electron chi connectivity index (χ1n) is 6.42. The van der Waals surface area contributed by atoms with Gasteiger partial charge in [-0.1, -0.05) is 0 Å². The molecule has 1 aromatic carbocycles. The van der Waals surface area contributed by atoms with E-state index in [-0.39, 0.29) is 16.7 Å². The summed E-state index contributed by atoms with van der Waals surface area (Å²) in [5, 5.41) is 8.43. The lowest BCUT2D eigenvalue weighted by molar-refractivity contribution is -0.137. The number of ketones is 1. The molecule has 116 valence electrons. The molecule has 0 saturated carbocycles. The summed E-state index contributed by atoms with van der Waals surface area (Å²) in [6, 6.07) is 4.95. The highest BCUT2D eigenvalue weighted by Crippen LogP contribution is 2.34. The number of aliphatic carboxylic acids is 1. The van der Waals surface area contributed by atoms with Crippen LogP contribution in [-0.4, -0.2) is 46.3 Å². The predicted molar refractivity (Wildman–Crippen MR) is 80.1 cm³/mol. The number of Topliss-reactive ketones (excluding diaryl/α,β-unsaturated/α-hetero) is 1. The minimum absolute atomic E-state index is 0.0105. The third-order valence-electron chi connectivity index (χ3n) is 3.40. The quantitative estimate of drug-likeness (QED) is 0.838. The zero-order chi connectivity index (χ0) is 16.4. The fourth-order valence-corrected chi connectivity index (χ4v) is 3.28. The molecular formula is C15H14FNO4S. The Morgan fingerprint density at radius 2 is 1.91 bits per heavy atom. The van der Waals surface area contributed by atoms with E-state index in [2.05, 4.69) is 0 Å². The average molecular weight is 323 g/mol. The summed E-state index contributed by atoms with van der Waals surface area (Å²) >= 11 is 1.27. The van der Waals surface area contributed by atoms with Crippen molar-refractivity contribution < 1.29 is 23.9 Å². The lowest BCUT2D eigenvalue weighted by Crippen LogP contribution is -2.30. The van der Waals surface area contributed by atoms with E-state index in [0.29, 0.717) is 0 Å². The number of thioether (sulfide) groups is 1. The lowest BCUT2D eigenvalue weighted by atomic mass is 9.98. The Balaban J connectivity index is 2.51. The molecule has 0 saturated heterocycles. The molecule has 1 amide bonds. The zero-order valence-corrected chi connectivity index (χ0v) is 12.8. The first-order valence-corrected chi connectivity index (χ1v) is 7.70. The van der Waals surface area contributed by atoms with Crippen molar-refractivity contribution >= 4 is 29.4 Å². The molecular weight excluding hydrogens is 309 g/mol. The Hall–Kier alpha value is -2.15. The number of hydrogen-bond acceptors (Lipinski definition) is 4. The van der Waals surface area contributed by atoms with Gasteiger partial charge in [-0.05, 0) is 30.5 Å². The van der Waals surface area contributed by atoms with Crippen LogP contribution in [0.25, 0.3) is 0 Å². The number of carbonyl (C=O) groups excluding carboxylic acids is 2. The van der Waals surface area contributed by atoms with Gasteiger partial charge in [-0.2, -0.15) is 0 Å². The topological polar surface area (TPSA) is 74.7 Å². The smallest absolute Gasteiger partial charge is 0.308 e. The van der Waals surface area contributed by atoms with Crippen LogP contribution in [0.4, 0.5) is 4.39 Å². The van der Waals surface area contributed by atoms with Gasteiger partial charge in [0.25, 0.3) is 5.91 Å². The monoisotopic (exact) mass is 323 g/mol. The van der Waals surface area contributed by atoms with Crippen molar-refractivity contribution in [2.24, 2.45) is 0 Å². The Bertz CT molecular complexity index is 669. The van der Waals surface area contributed by atoms with Crippen molar-refractivity contribution in [3.63, 3.8) is 0 Å². The molecule has 0 aromatic heterocycles. The summed E-state index contributed by atoms with van der Waals surface area (Å²) in [7, 11) is 1.52. The molecule has 1 atom stereocenters.